The molecular weight excluding hydrogens is 341 g/mol. The van der Waals surface area contributed by atoms with E-state index in [2.05, 4.69) is 24.5 Å². The lowest BCUT2D eigenvalue weighted by Crippen LogP contribution is -2.25. The van der Waals surface area contributed by atoms with Crippen molar-refractivity contribution in [2.45, 2.75) is 39.2 Å². The first-order chi connectivity index (χ1) is 13.1. The van der Waals surface area contributed by atoms with E-state index in [9.17, 15) is 9.18 Å². The Labute approximate surface area is 158 Å². The second kappa shape index (κ2) is 7.14. The van der Waals surface area contributed by atoms with Gasteiger partial charge >= 0.3 is 0 Å². The van der Waals surface area contributed by atoms with Crippen LogP contribution in [0.3, 0.4) is 0 Å². The fourth-order valence-corrected chi connectivity index (χ4v) is 3.82. The van der Waals surface area contributed by atoms with Crippen molar-refractivity contribution in [1.29, 1.82) is 0 Å². The van der Waals surface area contributed by atoms with Crippen LogP contribution < -0.4 is 4.90 Å². The molecule has 3 aromatic rings. The van der Waals surface area contributed by atoms with Crippen molar-refractivity contribution in [3.63, 3.8) is 0 Å². The van der Waals surface area contributed by atoms with Crippen LogP contribution in [0.25, 0.3) is 11.0 Å². The van der Waals surface area contributed by atoms with E-state index >= 15 is 0 Å². The van der Waals surface area contributed by atoms with Crippen LogP contribution in [0.15, 0.2) is 48.5 Å². The summed E-state index contributed by atoms with van der Waals surface area (Å²) in [6, 6.07) is 14.6. The summed E-state index contributed by atoms with van der Waals surface area (Å²) in [6.45, 7) is 5.74. The average molecular weight is 365 g/mol. The van der Waals surface area contributed by atoms with Gasteiger partial charge < -0.3 is 9.47 Å². The predicted molar refractivity (Wildman–Crippen MR) is 105 cm³/mol. The smallest absolute Gasteiger partial charge is 0.227 e. The molecule has 0 unspecified atom stereocenters. The molecule has 4 nitrogen and oxygen atoms in total. The van der Waals surface area contributed by atoms with Gasteiger partial charge in [0.25, 0.3) is 0 Å². The Bertz CT molecular complexity index is 981. The second-order valence-corrected chi connectivity index (χ2v) is 7.44. The Morgan fingerprint density at radius 1 is 1.19 bits per heavy atom. The normalized spacial score (nSPS) is 18.4. The molecule has 0 radical (unpaired) electrons. The molecule has 0 aliphatic carbocycles. The standard InChI is InChI=1S/C22H24FN3O/c1-3-15(2)13-26-20-11-7-5-9-18(20)24-22(26)16-12-21(27)25(14-16)19-10-6-4-8-17(19)23/h4-11,15-16H,3,12-14H2,1-2H3/t15-,16+/m1/s1. The number of fused-ring (bicyclic) bond motifs is 1. The summed E-state index contributed by atoms with van der Waals surface area (Å²) in [5.74, 6) is 1.00. The summed E-state index contributed by atoms with van der Waals surface area (Å²) < 4.78 is 16.5. The minimum absolute atomic E-state index is 0.0337. The van der Waals surface area contributed by atoms with Gasteiger partial charge in [-0.2, -0.15) is 0 Å². The summed E-state index contributed by atoms with van der Waals surface area (Å²) in [5.41, 5.74) is 2.41. The number of benzene rings is 2. The zero-order chi connectivity index (χ0) is 19.0. The number of halogens is 1. The van der Waals surface area contributed by atoms with Crippen molar-refractivity contribution in [3.8, 4) is 0 Å². The molecule has 0 N–H and O–H groups in total. The minimum Gasteiger partial charge on any atom is -0.327 e. The van der Waals surface area contributed by atoms with Crippen molar-refractivity contribution in [1.82, 2.24) is 9.55 Å². The fraction of sp³-hybridized carbons (Fsp3) is 0.364. The van der Waals surface area contributed by atoms with Crippen LogP contribution in [0.5, 0.6) is 0 Å². The molecule has 0 spiro atoms. The number of amides is 1. The molecule has 140 valence electrons. The van der Waals surface area contributed by atoms with E-state index in [0.717, 1.165) is 29.8 Å². The van der Waals surface area contributed by atoms with Gasteiger partial charge in [-0.1, -0.05) is 44.5 Å². The zero-order valence-corrected chi connectivity index (χ0v) is 15.7. The number of hydrogen-bond acceptors (Lipinski definition) is 2. The molecular formula is C22H24FN3O. The van der Waals surface area contributed by atoms with Crippen LogP contribution in [0.4, 0.5) is 10.1 Å². The van der Waals surface area contributed by atoms with E-state index in [0.29, 0.717) is 24.6 Å². The number of hydrogen-bond donors (Lipinski definition) is 0. The first-order valence-electron chi connectivity index (χ1n) is 9.58. The number of aromatic nitrogens is 2. The first-order valence-corrected chi connectivity index (χ1v) is 9.58. The molecule has 0 bridgehead atoms. The van der Waals surface area contributed by atoms with Gasteiger partial charge in [-0.25, -0.2) is 9.37 Å². The molecule has 2 atom stereocenters. The van der Waals surface area contributed by atoms with Crippen LogP contribution in [0.2, 0.25) is 0 Å². The molecule has 1 aliphatic heterocycles. The SMILES string of the molecule is CC[C@@H](C)Cn1c([C@H]2CC(=O)N(c3ccccc3F)C2)nc2ccccc21. The Balaban J connectivity index is 1.71. The number of anilines is 1. The first kappa shape index (κ1) is 17.7. The van der Waals surface area contributed by atoms with Gasteiger partial charge in [0.2, 0.25) is 5.91 Å². The number of carbonyl (C=O) groups is 1. The molecule has 1 amide bonds. The van der Waals surface area contributed by atoms with Crippen molar-refractivity contribution in [2.24, 2.45) is 5.92 Å². The third-order valence-electron chi connectivity index (χ3n) is 5.51. The van der Waals surface area contributed by atoms with E-state index in [1.807, 2.05) is 18.2 Å². The van der Waals surface area contributed by atoms with Gasteiger partial charge in [0.15, 0.2) is 0 Å². The molecule has 2 heterocycles. The lowest BCUT2D eigenvalue weighted by Gasteiger charge is -2.19. The van der Waals surface area contributed by atoms with Gasteiger partial charge in [0.1, 0.15) is 11.6 Å². The minimum atomic E-state index is -0.361. The molecule has 1 saturated heterocycles. The van der Waals surface area contributed by atoms with Crippen LogP contribution in [0, 0.1) is 11.7 Å². The van der Waals surface area contributed by atoms with Crippen molar-refractivity contribution in [3.05, 3.63) is 60.2 Å². The van der Waals surface area contributed by atoms with Crippen LogP contribution in [-0.4, -0.2) is 22.0 Å². The Hall–Kier alpha value is -2.69. The van der Waals surface area contributed by atoms with E-state index in [4.69, 9.17) is 4.98 Å². The Morgan fingerprint density at radius 2 is 1.93 bits per heavy atom. The number of para-hydroxylation sites is 3. The maximum Gasteiger partial charge on any atom is 0.227 e. The Morgan fingerprint density at radius 3 is 2.70 bits per heavy atom. The summed E-state index contributed by atoms with van der Waals surface area (Å²) in [6.07, 6.45) is 1.44. The zero-order valence-electron chi connectivity index (χ0n) is 15.7. The average Bonchev–Trinajstić information content (AvgIpc) is 3.23. The molecule has 4 rings (SSSR count). The van der Waals surface area contributed by atoms with E-state index < -0.39 is 0 Å². The van der Waals surface area contributed by atoms with Crippen LogP contribution in [0.1, 0.15) is 38.4 Å². The summed E-state index contributed by atoms with van der Waals surface area (Å²) in [5, 5.41) is 0. The quantitative estimate of drug-likeness (QED) is 0.655. The van der Waals surface area contributed by atoms with Crippen LogP contribution in [-0.2, 0) is 11.3 Å². The molecule has 1 aromatic heterocycles. The van der Waals surface area contributed by atoms with Crippen molar-refractivity contribution < 1.29 is 9.18 Å². The molecule has 27 heavy (non-hydrogen) atoms. The van der Waals surface area contributed by atoms with Gasteiger partial charge in [-0.3, -0.25) is 4.79 Å². The number of imidazole rings is 1. The lowest BCUT2D eigenvalue weighted by atomic mass is 10.1. The predicted octanol–water partition coefficient (Wildman–Crippen LogP) is 4.74. The highest BCUT2D eigenvalue weighted by atomic mass is 19.1. The fourth-order valence-electron chi connectivity index (χ4n) is 3.82. The van der Waals surface area contributed by atoms with Crippen LogP contribution >= 0.6 is 0 Å². The third-order valence-corrected chi connectivity index (χ3v) is 5.51. The second-order valence-electron chi connectivity index (χ2n) is 7.44. The third kappa shape index (κ3) is 3.22. The topological polar surface area (TPSA) is 38.1 Å². The highest BCUT2D eigenvalue weighted by Gasteiger charge is 2.35. The highest BCUT2D eigenvalue weighted by molar-refractivity contribution is 5.96. The molecule has 0 saturated carbocycles. The summed E-state index contributed by atoms with van der Waals surface area (Å²) >= 11 is 0. The lowest BCUT2D eigenvalue weighted by molar-refractivity contribution is -0.117. The van der Waals surface area contributed by atoms with Gasteiger partial charge in [0.05, 0.1) is 16.7 Å². The summed E-state index contributed by atoms with van der Waals surface area (Å²) in [7, 11) is 0. The Kier molecular flexibility index (Phi) is 4.68. The van der Waals surface area contributed by atoms with Gasteiger partial charge in [0, 0.05) is 25.4 Å². The number of rotatable bonds is 5. The van der Waals surface area contributed by atoms with Gasteiger partial charge in [-0.15, -0.1) is 0 Å². The van der Waals surface area contributed by atoms with Crippen molar-refractivity contribution >= 4 is 22.6 Å². The molecule has 5 heteroatoms. The van der Waals surface area contributed by atoms with Gasteiger partial charge in [-0.05, 0) is 30.2 Å². The van der Waals surface area contributed by atoms with E-state index in [1.165, 1.54) is 6.07 Å². The number of nitrogens with zero attached hydrogens (tertiary/aromatic N) is 3. The highest BCUT2D eigenvalue weighted by Crippen LogP contribution is 2.34. The monoisotopic (exact) mass is 365 g/mol. The van der Waals surface area contributed by atoms with E-state index in [1.54, 1.807) is 23.1 Å². The van der Waals surface area contributed by atoms with Crippen molar-refractivity contribution in [2.75, 3.05) is 11.4 Å². The molecule has 1 aliphatic rings. The summed E-state index contributed by atoms with van der Waals surface area (Å²) in [4.78, 5) is 19.1. The maximum absolute atomic E-state index is 14.2. The maximum atomic E-state index is 14.2. The van der Waals surface area contributed by atoms with E-state index in [-0.39, 0.29) is 17.6 Å². The largest absolute Gasteiger partial charge is 0.327 e. The number of carbonyl (C=O) groups excluding carboxylic acids is 1. The molecule has 2 aromatic carbocycles. The molecule has 1 fully saturated rings.